The molecule has 0 bridgehead atoms. The van der Waals surface area contributed by atoms with Gasteiger partial charge in [0.2, 0.25) is 17.7 Å². The minimum Gasteiger partial charge on any atom is -0.444 e. The van der Waals surface area contributed by atoms with E-state index in [1.807, 2.05) is 54.6 Å². The van der Waals surface area contributed by atoms with Crippen molar-refractivity contribution in [2.75, 3.05) is 6.54 Å². The van der Waals surface area contributed by atoms with Crippen LogP contribution in [0.4, 0.5) is 4.79 Å². The number of benzene rings is 2. The second-order valence-corrected chi connectivity index (χ2v) is 12.2. The van der Waals surface area contributed by atoms with Gasteiger partial charge >= 0.3 is 6.09 Å². The lowest BCUT2D eigenvalue weighted by Gasteiger charge is -2.34. The van der Waals surface area contributed by atoms with Crippen LogP contribution in [-0.4, -0.2) is 46.9 Å². The van der Waals surface area contributed by atoms with Gasteiger partial charge in [-0.05, 0) is 56.7 Å². The van der Waals surface area contributed by atoms with E-state index in [0.29, 0.717) is 25.1 Å². The standard InChI is InChI=1S/C35H52N4O5/c1-6-8-9-10-11-15-24-39(33(42)29(22-23-30(36)40)38-34(43)44-35(3,4)5)31(28-20-18-26(7-2)19-21-28)32(41)37-25-27-16-13-12-14-17-27/h12-14,16-21,29,31H,6-11,15,22-25H2,1-5H3,(H2,36,40)(H,37,41)(H,38,43). The highest BCUT2D eigenvalue weighted by Crippen LogP contribution is 2.25. The Morgan fingerprint density at radius 2 is 1.50 bits per heavy atom. The summed E-state index contributed by atoms with van der Waals surface area (Å²) >= 11 is 0. The number of rotatable bonds is 18. The second kappa shape index (κ2) is 18.7. The molecule has 2 unspecified atom stereocenters. The summed E-state index contributed by atoms with van der Waals surface area (Å²) in [6.45, 7) is 9.99. The van der Waals surface area contributed by atoms with Crippen molar-refractivity contribution in [3.63, 3.8) is 0 Å². The normalized spacial score (nSPS) is 12.6. The number of nitrogens with one attached hydrogen (secondary N) is 2. The molecule has 0 aliphatic heterocycles. The zero-order valence-corrected chi connectivity index (χ0v) is 27.2. The molecular formula is C35H52N4O5. The molecule has 242 valence electrons. The van der Waals surface area contributed by atoms with Crippen LogP contribution in [0.5, 0.6) is 0 Å². The number of ether oxygens (including phenoxy) is 1. The number of carbonyl (C=O) groups is 4. The molecule has 0 aliphatic carbocycles. The summed E-state index contributed by atoms with van der Waals surface area (Å²) < 4.78 is 5.43. The molecule has 4 N–H and O–H groups in total. The number of nitrogens with zero attached hydrogens (tertiary/aromatic N) is 1. The van der Waals surface area contributed by atoms with E-state index < -0.39 is 35.6 Å². The fourth-order valence-electron chi connectivity index (χ4n) is 4.91. The Morgan fingerprint density at radius 1 is 0.864 bits per heavy atom. The van der Waals surface area contributed by atoms with Crippen LogP contribution in [0.25, 0.3) is 0 Å². The molecule has 9 heteroatoms. The predicted octanol–water partition coefficient (Wildman–Crippen LogP) is 5.95. The highest BCUT2D eigenvalue weighted by molar-refractivity contribution is 5.92. The maximum absolute atomic E-state index is 14.4. The number of aryl methyl sites for hydroxylation is 1. The van der Waals surface area contributed by atoms with E-state index in [1.165, 1.54) is 0 Å². The van der Waals surface area contributed by atoms with Crippen molar-refractivity contribution >= 4 is 23.8 Å². The topological polar surface area (TPSA) is 131 Å². The molecule has 2 aromatic rings. The molecule has 0 heterocycles. The lowest BCUT2D eigenvalue weighted by atomic mass is 9.99. The van der Waals surface area contributed by atoms with Gasteiger partial charge in [-0.3, -0.25) is 14.4 Å². The maximum atomic E-state index is 14.4. The Bertz CT molecular complexity index is 1180. The monoisotopic (exact) mass is 608 g/mol. The number of unbranched alkanes of at least 4 members (excludes halogenated alkanes) is 5. The lowest BCUT2D eigenvalue weighted by molar-refractivity contribution is -0.143. The fraction of sp³-hybridized carbons (Fsp3) is 0.543. The van der Waals surface area contributed by atoms with Crippen LogP contribution in [0.3, 0.4) is 0 Å². The number of alkyl carbamates (subject to hydrolysis) is 1. The van der Waals surface area contributed by atoms with Gasteiger partial charge in [0.1, 0.15) is 17.7 Å². The summed E-state index contributed by atoms with van der Waals surface area (Å²) in [6.07, 6.45) is 5.88. The van der Waals surface area contributed by atoms with E-state index in [4.69, 9.17) is 10.5 Å². The van der Waals surface area contributed by atoms with Crippen molar-refractivity contribution in [2.45, 2.75) is 117 Å². The fourth-order valence-corrected chi connectivity index (χ4v) is 4.91. The molecular weight excluding hydrogens is 556 g/mol. The highest BCUT2D eigenvalue weighted by Gasteiger charge is 2.36. The summed E-state index contributed by atoms with van der Waals surface area (Å²) in [6, 6.07) is 15.2. The molecule has 44 heavy (non-hydrogen) atoms. The van der Waals surface area contributed by atoms with Crippen LogP contribution in [0.2, 0.25) is 0 Å². The number of hydrogen-bond donors (Lipinski definition) is 3. The molecule has 9 nitrogen and oxygen atoms in total. The van der Waals surface area contributed by atoms with Crippen molar-refractivity contribution in [3.8, 4) is 0 Å². The Balaban J connectivity index is 2.48. The summed E-state index contributed by atoms with van der Waals surface area (Å²) in [5.41, 5.74) is 7.35. The Labute approximate surface area is 263 Å². The minimum absolute atomic E-state index is 0.0203. The van der Waals surface area contributed by atoms with Crippen molar-refractivity contribution in [2.24, 2.45) is 5.73 Å². The van der Waals surface area contributed by atoms with Crippen LogP contribution in [-0.2, 0) is 32.1 Å². The zero-order chi connectivity index (χ0) is 32.5. The van der Waals surface area contributed by atoms with Crippen LogP contribution < -0.4 is 16.4 Å². The summed E-state index contributed by atoms with van der Waals surface area (Å²) in [4.78, 5) is 54.5. The molecule has 0 aromatic heterocycles. The highest BCUT2D eigenvalue weighted by atomic mass is 16.6. The van der Waals surface area contributed by atoms with E-state index in [1.54, 1.807) is 25.7 Å². The van der Waals surface area contributed by atoms with Crippen molar-refractivity contribution in [1.82, 2.24) is 15.5 Å². The molecule has 2 aromatic carbocycles. The third-order valence-electron chi connectivity index (χ3n) is 7.28. The predicted molar refractivity (Wildman–Crippen MR) is 174 cm³/mol. The van der Waals surface area contributed by atoms with Crippen LogP contribution >= 0.6 is 0 Å². The Morgan fingerprint density at radius 3 is 2.09 bits per heavy atom. The van der Waals surface area contributed by atoms with Gasteiger partial charge in [0, 0.05) is 19.5 Å². The van der Waals surface area contributed by atoms with Crippen LogP contribution in [0.15, 0.2) is 54.6 Å². The van der Waals surface area contributed by atoms with Gasteiger partial charge in [-0.15, -0.1) is 0 Å². The van der Waals surface area contributed by atoms with Gasteiger partial charge in [0.05, 0.1) is 0 Å². The van der Waals surface area contributed by atoms with E-state index in [-0.39, 0.29) is 18.7 Å². The Kier molecular flexibility index (Phi) is 15.4. The smallest absolute Gasteiger partial charge is 0.408 e. The van der Waals surface area contributed by atoms with E-state index >= 15 is 0 Å². The first kappa shape index (κ1) is 36.3. The van der Waals surface area contributed by atoms with Crippen molar-refractivity contribution in [3.05, 3.63) is 71.3 Å². The van der Waals surface area contributed by atoms with E-state index in [0.717, 1.165) is 49.7 Å². The van der Waals surface area contributed by atoms with Gasteiger partial charge in [0.15, 0.2) is 0 Å². The first-order valence-corrected chi connectivity index (χ1v) is 15.9. The zero-order valence-electron chi connectivity index (χ0n) is 27.2. The third kappa shape index (κ3) is 13.2. The first-order valence-electron chi connectivity index (χ1n) is 15.9. The lowest BCUT2D eigenvalue weighted by Crippen LogP contribution is -2.53. The average molecular weight is 609 g/mol. The van der Waals surface area contributed by atoms with Crippen LogP contribution in [0.1, 0.15) is 109 Å². The number of amides is 4. The van der Waals surface area contributed by atoms with E-state index in [9.17, 15) is 19.2 Å². The molecule has 2 rings (SSSR count). The number of carbonyl (C=O) groups excluding carboxylic acids is 4. The minimum atomic E-state index is -1.11. The molecule has 0 saturated carbocycles. The SMILES string of the molecule is CCCCCCCCN(C(=O)C(CCC(N)=O)NC(=O)OC(C)(C)C)C(C(=O)NCc1ccccc1)c1ccc(CC)cc1. The largest absolute Gasteiger partial charge is 0.444 e. The molecule has 0 aliphatic rings. The summed E-state index contributed by atoms with van der Waals surface area (Å²) in [7, 11) is 0. The Hall–Kier alpha value is -3.88. The molecule has 0 spiro atoms. The van der Waals surface area contributed by atoms with E-state index in [2.05, 4.69) is 24.5 Å². The summed E-state index contributed by atoms with van der Waals surface area (Å²) in [5, 5.41) is 5.68. The molecule has 0 radical (unpaired) electrons. The quantitative estimate of drug-likeness (QED) is 0.180. The number of hydrogen-bond acceptors (Lipinski definition) is 5. The maximum Gasteiger partial charge on any atom is 0.408 e. The average Bonchev–Trinajstić information content (AvgIpc) is 2.98. The van der Waals surface area contributed by atoms with Gasteiger partial charge in [-0.1, -0.05) is 101 Å². The molecule has 0 fully saturated rings. The van der Waals surface area contributed by atoms with Gasteiger partial charge in [0.25, 0.3) is 0 Å². The number of nitrogens with two attached hydrogens (primary N) is 1. The first-order chi connectivity index (χ1) is 20.9. The number of primary amides is 1. The molecule has 2 atom stereocenters. The summed E-state index contributed by atoms with van der Waals surface area (Å²) in [5.74, 6) is -1.39. The molecule has 0 saturated heterocycles. The van der Waals surface area contributed by atoms with Gasteiger partial charge in [-0.2, -0.15) is 0 Å². The second-order valence-electron chi connectivity index (χ2n) is 12.2. The van der Waals surface area contributed by atoms with Gasteiger partial charge in [-0.25, -0.2) is 4.79 Å². The van der Waals surface area contributed by atoms with Crippen LogP contribution in [0, 0.1) is 0 Å². The molecule has 4 amide bonds. The van der Waals surface area contributed by atoms with Gasteiger partial charge < -0.3 is 26.0 Å². The van der Waals surface area contributed by atoms with Crippen molar-refractivity contribution < 1.29 is 23.9 Å². The van der Waals surface area contributed by atoms with Crippen molar-refractivity contribution in [1.29, 1.82) is 0 Å². The third-order valence-corrected chi connectivity index (χ3v) is 7.28.